The van der Waals surface area contributed by atoms with Gasteiger partial charge in [-0.25, -0.2) is 4.98 Å². The van der Waals surface area contributed by atoms with E-state index in [2.05, 4.69) is 4.98 Å². The summed E-state index contributed by atoms with van der Waals surface area (Å²) in [6, 6.07) is 6.04. The van der Waals surface area contributed by atoms with Gasteiger partial charge in [-0.2, -0.15) is 0 Å². The van der Waals surface area contributed by atoms with Crippen molar-refractivity contribution >= 4 is 10.8 Å². The summed E-state index contributed by atoms with van der Waals surface area (Å²) in [6.07, 6.45) is 1.68. The van der Waals surface area contributed by atoms with E-state index in [-0.39, 0.29) is 0 Å². The Kier molecular flexibility index (Phi) is 2.79. The smallest absolute Gasteiger partial charge is 0.221 e. The number of fused-ring (bicyclic) bond motifs is 1. The van der Waals surface area contributed by atoms with Crippen molar-refractivity contribution < 1.29 is 9.84 Å². The van der Waals surface area contributed by atoms with Crippen molar-refractivity contribution in [3.63, 3.8) is 0 Å². The van der Waals surface area contributed by atoms with E-state index in [0.29, 0.717) is 5.88 Å². The lowest BCUT2D eigenvalue weighted by molar-refractivity contribution is 0.0798. The molecule has 0 spiro atoms. The lowest BCUT2D eigenvalue weighted by atomic mass is 9.94. The fraction of sp³-hybridized carbons (Fsp3) is 0.357. The third-order valence-electron chi connectivity index (χ3n) is 2.86. The van der Waals surface area contributed by atoms with Crippen LogP contribution in [0.4, 0.5) is 0 Å². The first-order chi connectivity index (χ1) is 7.93. The van der Waals surface area contributed by atoms with Gasteiger partial charge in [0.2, 0.25) is 5.88 Å². The van der Waals surface area contributed by atoms with Crippen LogP contribution in [0.25, 0.3) is 10.8 Å². The van der Waals surface area contributed by atoms with Crippen LogP contribution in [0.1, 0.15) is 25.0 Å². The van der Waals surface area contributed by atoms with E-state index in [9.17, 15) is 5.11 Å². The Morgan fingerprint density at radius 1 is 1.24 bits per heavy atom. The van der Waals surface area contributed by atoms with Crippen molar-refractivity contribution in [3.05, 3.63) is 35.5 Å². The van der Waals surface area contributed by atoms with Gasteiger partial charge in [0, 0.05) is 17.1 Å². The maximum Gasteiger partial charge on any atom is 0.221 e. The van der Waals surface area contributed by atoms with Crippen molar-refractivity contribution in [1.29, 1.82) is 0 Å². The Balaban J connectivity index is 2.84. The number of aromatic nitrogens is 1. The molecule has 0 atom stereocenters. The minimum atomic E-state index is -0.911. The first-order valence-electron chi connectivity index (χ1n) is 5.59. The van der Waals surface area contributed by atoms with E-state index < -0.39 is 5.60 Å². The molecule has 3 heteroatoms. The number of ether oxygens (including phenoxy) is 1. The number of aliphatic hydroxyl groups is 1. The first kappa shape index (κ1) is 11.9. The molecule has 1 N–H and O–H groups in total. The molecule has 1 aromatic heterocycles. The van der Waals surface area contributed by atoms with Crippen LogP contribution in [0, 0.1) is 6.92 Å². The van der Waals surface area contributed by atoms with Gasteiger partial charge in [0.1, 0.15) is 0 Å². The lowest BCUT2D eigenvalue weighted by Crippen LogP contribution is -2.16. The minimum absolute atomic E-state index is 0.591. The molecule has 1 heterocycles. The molecule has 2 aromatic rings. The number of benzene rings is 1. The quantitative estimate of drug-likeness (QED) is 0.864. The maximum absolute atomic E-state index is 10.2. The molecule has 2 rings (SSSR count). The van der Waals surface area contributed by atoms with Crippen molar-refractivity contribution in [1.82, 2.24) is 4.98 Å². The number of pyridine rings is 1. The molecule has 17 heavy (non-hydrogen) atoms. The summed E-state index contributed by atoms with van der Waals surface area (Å²) in [6.45, 7) is 5.55. The summed E-state index contributed by atoms with van der Waals surface area (Å²) in [4.78, 5) is 4.24. The zero-order chi connectivity index (χ0) is 12.6. The Bertz CT molecular complexity index is 556. The number of aryl methyl sites for hydroxylation is 1. The molecule has 0 saturated heterocycles. The van der Waals surface area contributed by atoms with E-state index in [1.165, 1.54) is 0 Å². The van der Waals surface area contributed by atoms with Crippen LogP contribution in [0.5, 0.6) is 5.88 Å². The molecule has 0 aliphatic carbocycles. The summed E-state index contributed by atoms with van der Waals surface area (Å²) in [5.74, 6) is 0.591. The highest BCUT2D eigenvalue weighted by Crippen LogP contribution is 2.32. The SMILES string of the molecule is COc1ncc(C(C)(C)O)c2cc(C)ccc12. The molecule has 0 saturated carbocycles. The number of nitrogens with zero attached hydrogens (tertiary/aromatic N) is 1. The van der Waals surface area contributed by atoms with E-state index >= 15 is 0 Å². The highest BCUT2D eigenvalue weighted by Gasteiger charge is 2.21. The third kappa shape index (κ3) is 2.11. The largest absolute Gasteiger partial charge is 0.481 e. The van der Waals surface area contributed by atoms with Gasteiger partial charge in [-0.1, -0.05) is 17.7 Å². The molecule has 90 valence electrons. The van der Waals surface area contributed by atoms with Crippen molar-refractivity contribution in [2.75, 3.05) is 7.11 Å². The third-order valence-corrected chi connectivity index (χ3v) is 2.86. The van der Waals surface area contributed by atoms with E-state index in [4.69, 9.17) is 4.74 Å². The van der Waals surface area contributed by atoms with Crippen molar-refractivity contribution in [3.8, 4) is 5.88 Å². The lowest BCUT2D eigenvalue weighted by Gasteiger charge is -2.20. The van der Waals surface area contributed by atoms with Crippen LogP contribution in [0.3, 0.4) is 0 Å². The Morgan fingerprint density at radius 2 is 1.94 bits per heavy atom. The first-order valence-corrected chi connectivity index (χ1v) is 5.59. The van der Waals surface area contributed by atoms with Crippen LogP contribution < -0.4 is 4.74 Å². The summed E-state index contributed by atoms with van der Waals surface area (Å²) < 4.78 is 5.24. The van der Waals surface area contributed by atoms with E-state index in [0.717, 1.165) is 21.9 Å². The van der Waals surface area contributed by atoms with Gasteiger partial charge < -0.3 is 9.84 Å². The highest BCUT2D eigenvalue weighted by molar-refractivity contribution is 5.90. The summed E-state index contributed by atoms with van der Waals surface area (Å²) in [5.41, 5.74) is 1.05. The number of rotatable bonds is 2. The molecule has 0 aliphatic rings. The number of hydrogen-bond acceptors (Lipinski definition) is 3. The fourth-order valence-electron chi connectivity index (χ4n) is 1.98. The second kappa shape index (κ2) is 4.00. The minimum Gasteiger partial charge on any atom is -0.481 e. The number of methoxy groups -OCH3 is 1. The van der Waals surface area contributed by atoms with Crippen LogP contribution >= 0.6 is 0 Å². The Morgan fingerprint density at radius 3 is 2.53 bits per heavy atom. The van der Waals surface area contributed by atoms with Gasteiger partial charge in [-0.3, -0.25) is 0 Å². The van der Waals surface area contributed by atoms with Crippen molar-refractivity contribution in [2.24, 2.45) is 0 Å². The van der Waals surface area contributed by atoms with Gasteiger partial charge in [0.25, 0.3) is 0 Å². The second-order valence-corrected chi connectivity index (χ2v) is 4.79. The number of hydrogen-bond donors (Lipinski definition) is 1. The van der Waals surface area contributed by atoms with Crippen molar-refractivity contribution in [2.45, 2.75) is 26.4 Å². The molecule has 0 amide bonds. The van der Waals surface area contributed by atoms with Crippen LogP contribution in [-0.4, -0.2) is 17.2 Å². The van der Waals surface area contributed by atoms with Gasteiger partial charge in [-0.05, 0) is 32.2 Å². The summed E-state index contributed by atoms with van der Waals surface area (Å²) in [7, 11) is 1.60. The second-order valence-electron chi connectivity index (χ2n) is 4.79. The topological polar surface area (TPSA) is 42.4 Å². The standard InChI is InChI=1S/C14H17NO2/c1-9-5-6-10-11(7-9)12(14(2,3)16)8-15-13(10)17-4/h5-8,16H,1-4H3. The molecule has 0 radical (unpaired) electrons. The Labute approximate surface area is 101 Å². The predicted octanol–water partition coefficient (Wildman–Crippen LogP) is 2.78. The molecular weight excluding hydrogens is 214 g/mol. The monoisotopic (exact) mass is 231 g/mol. The molecular formula is C14H17NO2. The highest BCUT2D eigenvalue weighted by atomic mass is 16.5. The zero-order valence-corrected chi connectivity index (χ0v) is 10.6. The molecule has 0 unspecified atom stereocenters. The van der Waals surface area contributed by atoms with Gasteiger partial charge in [0.15, 0.2) is 0 Å². The van der Waals surface area contributed by atoms with E-state index in [1.54, 1.807) is 27.2 Å². The molecule has 3 nitrogen and oxygen atoms in total. The molecule has 0 fully saturated rings. The van der Waals surface area contributed by atoms with E-state index in [1.807, 2.05) is 25.1 Å². The average Bonchev–Trinajstić information content (AvgIpc) is 2.25. The normalized spacial score (nSPS) is 11.8. The average molecular weight is 231 g/mol. The maximum atomic E-state index is 10.2. The van der Waals surface area contributed by atoms with Crippen LogP contribution in [-0.2, 0) is 5.60 Å². The van der Waals surface area contributed by atoms with Gasteiger partial charge >= 0.3 is 0 Å². The predicted molar refractivity (Wildman–Crippen MR) is 68.3 cm³/mol. The molecule has 0 bridgehead atoms. The summed E-state index contributed by atoms with van der Waals surface area (Å²) >= 11 is 0. The van der Waals surface area contributed by atoms with Crippen LogP contribution in [0.2, 0.25) is 0 Å². The Hall–Kier alpha value is -1.61. The zero-order valence-electron chi connectivity index (χ0n) is 10.6. The molecule has 0 aliphatic heterocycles. The van der Waals surface area contributed by atoms with Gasteiger partial charge in [0.05, 0.1) is 12.7 Å². The van der Waals surface area contributed by atoms with Crippen LogP contribution in [0.15, 0.2) is 24.4 Å². The summed E-state index contributed by atoms with van der Waals surface area (Å²) in [5, 5.41) is 12.1. The molecule has 1 aromatic carbocycles. The fourth-order valence-corrected chi connectivity index (χ4v) is 1.98. The van der Waals surface area contributed by atoms with Gasteiger partial charge in [-0.15, -0.1) is 0 Å².